The molecule has 0 aliphatic heterocycles. The van der Waals surface area contributed by atoms with E-state index in [1.165, 1.54) is 6.42 Å². The fourth-order valence-corrected chi connectivity index (χ4v) is 0.658. The third-order valence-corrected chi connectivity index (χ3v) is 1.36. The summed E-state index contributed by atoms with van der Waals surface area (Å²) in [6.45, 7) is 4.80. The Hall–Kier alpha value is -0.810. The molecule has 0 aromatic carbocycles. The first-order valence-corrected chi connectivity index (χ1v) is 4.09. The number of rotatable bonds is 5. The van der Waals surface area contributed by atoms with Crippen molar-refractivity contribution in [1.82, 2.24) is 5.32 Å². The summed E-state index contributed by atoms with van der Waals surface area (Å²) < 4.78 is 0. The van der Waals surface area contributed by atoms with E-state index < -0.39 is 0 Å². The van der Waals surface area contributed by atoms with Gasteiger partial charge in [-0.15, -0.1) is 0 Å². The summed E-state index contributed by atoms with van der Waals surface area (Å²) in [5.41, 5.74) is 0. The van der Waals surface area contributed by atoms with Crippen molar-refractivity contribution in [3.8, 4) is 6.07 Å². The van der Waals surface area contributed by atoms with Crippen LogP contribution in [0.3, 0.4) is 0 Å². The fraction of sp³-hybridized carbons (Fsp3) is 0.667. The minimum Gasteiger partial charge on any atom is -0.299 e. The number of hydrogen-bond acceptors (Lipinski definition) is 2. The third-order valence-electron chi connectivity index (χ3n) is 1.36. The molecule has 0 saturated carbocycles. The summed E-state index contributed by atoms with van der Waals surface area (Å²) in [6.07, 6.45) is 6.52. The van der Waals surface area contributed by atoms with Crippen molar-refractivity contribution in [2.24, 2.45) is 0 Å². The molecule has 1 atom stereocenters. The van der Waals surface area contributed by atoms with Gasteiger partial charge in [-0.2, -0.15) is 5.26 Å². The highest BCUT2D eigenvalue weighted by atomic mass is 14.9. The van der Waals surface area contributed by atoms with Crippen molar-refractivity contribution in [3.63, 3.8) is 0 Å². The van der Waals surface area contributed by atoms with Crippen molar-refractivity contribution in [3.05, 3.63) is 12.2 Å². The molecule has 0 aliphatic rings. The zero-order valence-corrected chi connectivity index (χ0v) is 7.30. The highest BCUT2D eigenvalue weighted by Gasteiger charge is 1.92. The molecule has 0 aromatic rings. The van der Waals surface area contributed by atoms with Crippen LogP contribution in [0.5, 0.6) is 0 Å². The van der Waals surface area contributed by atoms with Crippen LogP contribution in [-0.2, 0) is 0 Å². The van der Waals surface area contributed by atoms with Crippen LogP contribution in [0.4, 0.5) is 0 Å². The van der Waals surface area contributed by atoms with Crippen molar-refractivity contribution < 1.29 is 0 Å². The highest BCUT2D eigenvalue weighted by molar-refractivity contribution is 4.90. The summed E-state index contributed by atoms with van der Waals surface area (Å²) in [4.78, 5) is 0. The molecule has 2 heteroatoms. The van der Waals surface area contributed by atoms with Crippen LogP contribution in [0.1, 0.15) is 26.7 Å². The van der Waals surface area contributed by atoms with Crippen molar-refractivity contribution >= 4 is 0 Å². The maximum atomic E-state index is 8.40. The Labute approximate surface area is 68.9 Å². The Bertz CT molecular complexity index is 144. The Kier molecular flexibility index (Phi) is 6.76. The zero-order valence-electron chi connectivity index (χ0n) is 7.30. The van der Waals surface area contributed by atoms with Crippen LogP contribution in [0.25, 0.3) is 0 Å². The molecule has 0 aromatic heterocycles. The minimum atomic E-state index is -0.0405. The summed E-state index contributed by atoms with van der Waals surface area (Å²) >= 11 is 0. The first kappa shape index (κ1) is 10.2. The number of nitriles is 1. The van der Waals surface area contributed by atoms with E-state index in [2.05, 4.69) is 30.5 Å². The van der Waals surface area contributed by atoms with Gasteiger partial charge >= 0.3 is 0 Å². The van der Waals surface area contributed by atoms with E-state index in [4.69, 9.17) is 5.26 Å². The number of unbranched alkanes of at least 4 members (excludes halogenated alkanes) is 1. The molecule has 11 heavy (non-hydrogen) atoms. The van der Waals surface area contributed by atoms with E-state index in [0.717, 1.165) is 13.0 Å². The van der Waals surface area contributed by atoms with Crippen LogP contribution in [0.15, 0.2) is 12.2 Å². The smallest absolute Gasteiger partial charge is 0.0926 e. The summed E-state index contributed by atoms with van der Waals surface area (Å²) in [7, 11) is 0. The quantitative estimate of drug-likeness (QED) is 0.610. The number of allylic oxidation sites excluding steroid dienone is 1. The van der Waals surface area contributed by atoms with Crippen LogP contribution in [0.2, 0.25) is 0 Å². The molecule has 0 spiro atoms. The molecule has 0 rings (SSSR count). The lowest BCUT2D eigenvalue weighted by Gasteiger charge is -2.00. The first-order valence-electron chi connectivity index (χ1n) is 4.09. The molecule has 0 bridgehead atoms. The summed E-state index contributed by atoms with van der Waals surface area (Å²) in [5, 5.41) is 11.4. The molecule has 2 nitrogen and oxygen atoms in total. The van der Waals surface area contributed by atoms with Gasteiger partial charge in [0.25, 0.3) is 0 Å². The topological polar surface area (TPSA) is 35.8 Å². The summed E-state index contributed by atoms with van der Waals surface area (Å²) in [5.74, 6) is 0. The molecule has 0 heterocycles. The Morgan fingerprint density at radius 3 is 2.82 bits per heavy atom. The van der Waals surface area contributed by atoms with E-state index in [1.807, 2.05) is 6.92 Å². The predicted octanol–water partition coefficient (Wildman–Crippen LogP) is 1.84. The van der Waals surface area contributed by atoms with Gasteiger partial charge in [0.15, 0.2) is 0 Å². The average molecular weight is 152 g/mol. The van der Waals surface area contributed by atoms with Crippen LogP contribution < -0.4 is 5.32 Å². The largest absolute Gasteiger partial charge is 0.299 e. The van der Waals surface area contributed by atoms with E-state index in [9.17, 15) is 0 Å². The van der Waals surface area contributed by atoms with Gasteiger partial charge in [-0.25, -0.2) is 0 Å². The van der Waals surface area contributed by atoms with Crippen molar-refractivity contribution in [1.29, 1.82) is 5.26 Å². The molecule has 1 N–H and O–H groups in total. The molecular formula is C9H16N2. The predicted molar refractivity (Wildman–Crippen MR) is 47.1 cm³/mol. The molecule has 0 fully saturated rings. The second-order valence-electron chi connectivity index (χ2n) is 2.52. The van der Waals surface area contributed by atoms with Crippen LogP contribution in [0, 0.1) is 11.3 Å². The fourth-order valence-electron chi connectivity index (χ4n) is 0.658. The van der Waals surface area contributed by atoms with Gasteiger partial charge in [0, 0.05) is 6.54 Å². The van der Waals surface area contributed by atoms with E-state index in [1.54, 1.807) is 0 Å². The maximum absolute atomic E-state index is 8.40. The van der Waals surface area contributed by atoms with E-state index >= 15 is 0 Å². The van der Waals surface area contributed by atoms with Gasteiger partial charge in [-0.05, 0) is 13.3 Å². The lowest BCUT2D eigenvalue weighted by molar-refractivity contribution is 0.694. The van der Waals surface area contributed by atoms with Gasteiger partial charge in [0.05, 0.1) is 12.1 Å². The molecule has 1 unspecified atom stereocenters. The van der Waals surface area contributed by atoms with Crippen molar-refractivity contribution in [2.75, 3.05) is 6.54 Å². The Balaban J connectivity index is 3.21. The maximum Gasteiger partial charge on any atom is 0.0926 e. The highest BCUT2D eigenvalue weighted by Crippen LogP contribution is 1.87. The monoisotopic (exact) mass is 152 g/mol. The minimum absolute atomic E-state index is 0.0405. The molecular weight excluding hydrogens is 136 g/mol. The van der Waals surface area contributed by atoms with E-state index in [0.29, 0.717) is 0 Å². The van der Waals surface area contributed by atoms with E-state index in [-0.39, 0.29) is 6.04 Å². The molecule has 62 valence electrons. The van der Waals surface area contributed by atoms with Crippen molar-refractivity contribution in [2.45, 2.75) is 32.7 Å². The van der Waals surface area contributed by atoms with Gasteiger partial charge < -0.3 is 0 Å². The van der Waals surface area contributed by atoms with Gasteiger partial charge in [0.2, 0.25) is 0 Å². The normalized spacial score (nSPS) is 13.2. The number of nitrogens with zero attached hydrogens (tertiary/aromatic N) is 1. The molecule has 0 radical (unpaired) electrons. The molecule has 0 amide bonds. The van der Waals surface area contributed by atoms with Gasteiger partial charge in [0.1, 0.15) is 0 Å². The third kappa shape index (κ3) is 7.08. The van der Waals surface area contributed by atoms with Gasteiger partial charge in [-0.1, -0.05) is 25.5 Å². The van der Waals surface area contributed by atoms with Gasteiger partial charge in [-0.3, -0.25) is 5.32 Å². The first-order chi connectivity index (χ1) is 5.31. The Morgan fingerprint density at radius 2 is 2.27 bits per heavy atom. The standard InChI is InChI=1S/C9H16N2/c1-3-4-5-6-7-11-9(2)8-10/h5-6,9,11H,3-4,7H2,1-2H3/b6-5+. The molecule has 0 saturated heterocycles. The Morgan fingerprint density at radius 1 is 1.55 bits per heavy atom. The summed E-state index contributed by atoms with van der Waals surface area (Å²) in [6, 6.07) is 2.07. The zero-order chi connectivity index (χ0) is 8.53. The second-order valence-corrected chi connectivity index (χ2v) is 2.52. The number of nitrogens with one attached hydrogen (secondary N) is 1. The SMILES string of the molecule is CCC/C=C/CNC(C)C#N. The van der Waals surface area contributed by atoms with Crippen LogP contribution in [-0.4, -0.2) is 12.6 Å². The molecule has 0 aliphatic carbocycles. The van der Waals surface area contributed by atoms with Crippen LogP contribution >= 0.6 is 0 Å². The average Bonchev–Trinajstić information content (AvgIpc) is 2.04. The lowest BCUT2D eigenvalue weighted by atomic mass is 10.3. The number of hydrogen-bond donors (Lipinski definition) is 1. The second kappa shape index (κ2) is 7.30. The lowest BCUT2D eigenvalue weighted by Crippen LogP contribution is -2.23.